The zero-order valence-electron chi connectivity index (χ0n) is 11.7. The van der Waals surface area contributed by atoms with Crippen molar-refractivity contribution >= 4 is 21.8 Å². The SMILES string of the molecule is CCn1nc(C)c(Br)c1CN(C)CC(=O)N(C)C. The summed E-state index contributed by atoms with van der Waals surface area (Å²) in [7, 11) is 5.48. The fraction of sp³-hybridized carbons (Fsp3) is 0.667. The van der Waals surface area contributed by atoms with Gasteiger partial charge in [-0.1, -0.05) is 0 Å². The highest BCUT2D eigenvalue weighted by atomic mass is 79.9. The Kier molecular flexibility index (Phi) is 5.34. The molecule has 18 heavy (non-hydrogen) atoms. The fourth-order valence-electron chi connectivity index (χ4n) is 1.70. The molecule has 5 nitrogen and oxygen atoms in total. The topological polar surface area (TPSA) is 41.4 Å². The molecule has 0 aliphatic rings. The Morgan fingerprint density at radius 3 is 2.50 bits per heavy atom. The number of hydrogen-bond acceptors (Lipinski definition) is 3. The lowest BCUT2D eigenvalue weighted by Gasteiger charge is -2.19. The molecule has 0 N–H and O–H groups in total. The molecule has 0 aromatic carbocycles. The molecule has 0 aliphatic carbocycles. The van der Waals surface area contributed by atoms with Crippen LogP contribution in [0.5, 0.6) is 0 Å². The molecule has 1 aromatic rings. The average Bonchev–Trinajstić information content (AvgIpc) is 2.56. The van der Waals surface area contributed by atoms with E-state index in [2.05, 4.69) is 28.0 Å². The van der Waals surface area contributed by atoms with Crippen molar-refractivity contribution in [3.8, 4) is 0 Å². The molecule has 0 spiro atoms. The molecular formula is C12H21BrN4O. The number of carbonyl (C=O) groups excluding carboxylic acids is 1. The lowest BCUT2D eigenvalue weighted by molar-refractivity contribution is -0.129. The van der Waals surface area contributed by atoms with E-state index in [1.54, 1.807) is 19.0 Å². The lowest BCUT2D eigenvalue weighted by Crippen LogP contribution is -2.34. The predicted molar refractivity (Wildman–Crippen MR) is 75.4 cm³/mol. The predicted octanol–water partition coefficient (Wildman–Crippen LogP) is 1.49. The highest BCUT2D eigenvalue weighted by Crippen LogP contribution is 2.22. The van der Waals surface area contributed by atoms with Gasteiger partial charge in [-0.25, -0.2) is 0 Å². The molecular weight excluding hydrogens is 296 g/mol. The number of hydrogen-bond donors (Lipinski definition) is 0. The summed E-state index contributed by atoms with van der Waals surface area (Å²) in [6.45, 7) is 5.98. The van der Waals surface area contributed by atoms with Crippen LogP contribution in [0, 0.1) is 6.92 Å². The van der Waals surface area contributed by atoms with Gasteiger partial charge in [-0.3, -0.25) is 14.4 Å². The van der Waals surface area contributed by atoms with Crippen molar-refractivity contribution in [3.05, 3.63) is 15.9 Å². The maximum Gasteiger partial charge on any atom is 0.236 e. The van der Waals surface area contributed by atoms with Crippen molar-refractivity contribution in [3.63, 3.8) is 0 Å². The Morgan fingerprint density at radius 2 is 2.00 bits per heavy atom. The Morgan fingerprint density at radius 1 is 1.39 bits per heavy atom. The van der Waals surface area contributed by atoms with E-state index in [1.165, 1.54) is 0 Å². The summed E-state index contributed by atoms with van der Waals surface area (Å²) < 4.78 is 3.00. The minimum atomic E-state index is 0.105. The van der Waals surface area contributed by atoms with E-state index in [-0.39, 0.29) is 5.91 Å². The molecule has 1 aromatic heterocycles. The van der Waals surface area contributed by atoms with Gasteiger partial charge in [-0.2, -0.15) is 5.10 Å². The van der Waals surface area contributed by atoms with Gasteiger partial charge in [0.05, 0.1) is 22.4 Å². The van der Waals surface area contributed by atoms with E-state index in [9.17, 15) is 4.79 Å². The number of nitrogens with zero attached hydrogens (tertiary/aromatic N) is 4. The molecule has 0 bridgehead atoms. The molecule has 0 unspecified atom stereocenters. The summed E-state index contributed by atoms with van der Waals surface area (Å²) in [5, 5.41) is 4.44. The number of likely N-dealkylation sites (N-methyl/N-ethyl adjacent to an activating group) is 2. The highest BCUT2D eigenvalue weighted by molar-refractivity contribution is 9.10. The van der Waals surface area contributed by atoms with Gasteiger partial charge >= 0.3 is 0 Å². The van der Waals surface area contributed by atoms with Gasteiger partial charge in [0.2, 0.25) is 5.91 Å². The first-order valence-corrected chi connectivity index (χ1v) is 6.76. The minimum absolute atomic E-state index is 0.105. The number of rotatable bonds is 5. The van der Waals surface area contributed by atoms with Crippen molar-refractivity contribution in [2.75, 3.05) is 27.7 Å². The zero-order valence-corrected chi connectivity index (χ0v) is 13.3. The number of halogens is 1. The smallest absolute Gasteiger partial charge is 0.236 e. The van der Waals surface area contributed by atoms with Gasteiger partial charge in [0.1, 0.15) is 0 Å². The van der Waals surface area contributed by atoms with Gasteiger partial charge in [0.25, 0.3) is 0 Å². The number of amides is 1. The van der Waals surface area contributed by atoms with E-state index in [4.69, 9.17) is 0 Å². The first kappa shape index (κ1) is 15.2. The second-order valence-corrected chi connectivity index (χ2v) is 5.42. The van der Waals surface area contributed by atoms with E-state index < -0.39 is 0 Å². The molecule has 1 amide bonds. The zero-order chi connectivity index (χ0) is 13.9. The molecule has 1 heterocycles. The molecule has 0 fully saturated rings. The molecule has 0 saturated carbocycles. The second-order valence-electron chi connectivity index (χ2n) is 4.62. The van der Waals surface area contributed by atoms with Gasteiger partial charge in [-0.05, 0) is 36.8 Å². The number of aryl methyl sites for hydroxylation is 2. The van der Waals surface area contributed by atoms with Gasteiger partial charge in [0.15, 0.2) is 0 Å². The maximum atomic E-state index is 11.6. The standard InChI is InChI=1S/C12H21BrN4O/c1-6-17-10(12(13)9(2)14-17)7-16(5)8-11(18)15(3)4/h6-8H2,1-5H3. The minimum Gasteiger partial charge on any atom is -0.348 e. The highest BCUT2D eigenvalue weighted by Gasteiger charge is 2.15. The van der Waals surface area contributed by atoms with Crippen molar-refractivity contribution in [1.82, 2.24) is 19.6 Å². The first-order chi connectivity index (χ1) is 8.36. The third-order valence-electron chi connectivity index (χ3n) is 2.78. The van der Waals surface area contributed by atoms with Crippen LogP contribution in [-0.2, 0) is 17.9 Å². The van der Waals surface area contributed by atoms with E-state index in [0.717, 1.165) is 22.4 Å². The van der Waals surface area contributed by atoms with E-state index in [1.807, 2.05) is 23.6 Å². The molecule has 102 valence electrons. The van der Waals surface area contributed by atoms with Gasteiger partial charge < -0.3 is 4.90 Å². The van der Waals surface area contributed by atoms with Crippen LogP contribution in [0.4, 0.5) is 0 Å². The van der Waals surface area contributed by atoms with Crippen molar-refractivity contribution in [1.29, 1.82) is 0 Å². The van der Waals surface area contributed by atoms with Crippen LogP contribution in [0.15, 0.2) is 4.47 Å². The number of aromatic nitrogens is 2. The largest absolute Gasteiger partial charge is 0.348 e. The van der Waals surface area contributed by atoms with Crippen LogP contribution in [0.3, 0.4) is 0 Å². The summed E-state index contributed by atoms with van der Waals surface area (Å²) in [5.41, 5.74) is 2.10. The molecule has 1 rings (SSSR count). The van der Waals surface area contributed by atoms with Crippen molar-refractivity contribution < 1.29 is 4.79 Å². The van der Waals surface area contributed by atoms with Crippen LogP contribution in [0.1, 0.15) is 18.3 Å². The molecule has 6 heteroatoms. The molecule has 0 atom stereocenters. The number of carbonyl (C=O) groups is 1. The summed E-state index contributed by atoms with van der Waals surface area (Å²) in [5.74, 6) is 0.105. The van der Waals surface area contributed by atoms with Crippen LogP contribution in [0.2, 0.25) is 0 Å². The van der Waals surface area contributed by atoms with Crippen molar-refractivity contribution in [2.24, 2.45) is 0 Å². The van der Waals surface area contributed by atoms with Crippen LogP contribution in [-0.4, -0.2) is 53.2 Å². The third kappa shape index (κ3) is 3.55. The Labute approximate surface area is 117 Å². The molecule has 0 aliphatic heterocycles. The molecule has 0 radical (unpaired) electrons. The Hall–Kier alpha value is -0.880. The summed E-state index contributed by atoms with van der Waals surface area (Å²) in [4.78, 5) is 15.2. The monoisotopic (exact) mass is 316 g/mol. The lowest BCUT2D eigenvalue weighted by atomic mass is 10.3. The molecule has 0 saturated heterocycles. The van der Waals surface area contributed by atoms with Crippen molar-refractivity contribution in [2.45, 2.75) is 26.9 Å². The normalized spacial score (nSPS) is 11.1. The second kappa shape index (κ2) is 6.33. The van der Waals surface area contributed by atoms with E-state index in [0.29, 0.717) is 13.1 Å². The quantitative estimate of drug-likeness (QED) is 0.826. The fourth-order valence-corrected chi connectivity index (χ4v) is 2.11. The first-order valence-electron chi connectivity index (χ1n) is 5.97. The summed E-state index contributed by atoms with van der Waals surface area (Å²) >= 11 is 3.56. The Balaban J connectivity index is 2.75. The summed E-state index contributed by atoms with van der Waals surface area (Å²) in [6.07, 6.45) is 0. The van der Waals surface area contributed by atoms with Crippen LogP contribution >= 0.6 is 15.9 Å². The summed E-state index contributed by atoms with van der Waals surface area (Å²) in [6, 6.07) is 0. The Bertz CT molecular complexity index is 428. The third-order valence-corrected chi connectivity index (χ3v) is 3.81. The van der Waals surface area contributed by atoms with Gasteiger partial charge in [0, 0.05) is 27.2 Å². The maximum absolute atomic E-state index is 11.6. The average molecular weight is 317 g/mol. The van der Waals surface area contributed by atoms with Crippen LogP contribution in [0.25, 0.3) is 0 Å². The van der Waals surface area contributed by atoms with Gasteiger partial charge in [-0.15, -0.1) is 0 Å². The van der Waals surface area contributed by atoms with E-state index >= 15 is 0 Å². The van der Waals surface area contributed by atoms with Crippen LogP contribution < -0.4 is 0 Å².